The van der Waals surface area contributed by atoms with Crippen LogP contribution in [0, 0.1) is 0 Å². The molecule has 0 aliphatic carbocycles. The fourth-order valence-corrected chi connectivity index (χ4v) is 0. The normalized spacial score (nSPS) is 5.09. The van der Waals surface area contributed by atoms with Gasteiger partial charge in [-0.25, -0.2) is 0 Å². The third-order valence-corrected chi connectivity index (χ3v) is 0. The fraction of sp³-hybridized carbons (Fsp3) is 0. The van der Waals surface area contributed by atoms with Crippen LogP contribution in [0.15, 0.2) is 0 Å². The van der Waals surface area contributed by atoms with Gasteiger partial charge in [-0.3, -0.25) is 0 Å². The Balaban J connectivity index is -0.0000000886. The molecule has 2 amide bonds. The second-order valence-electron chi connectivity index (χ2n) is 0.706. The summed E-state index contributed by atoms with van der Waals surface area (Å²) in [5.41, 5.74) is 7.83. The second kappa shape index (κ2) is 15.9. The number of hydrogen-bond donors (Lipinski definition) is 2. The van der Waals surface area contributed by atoms with E-state index in [0.717, 1.165) is 0 Å². The van der Waals surface area contributed by atoms with Crippen LogP contribution in [-0.2, 0) is 25.3 Å². The van der Waals surface area contributed by atoms with E-state index >= 15 is 0 Å². The summed E-state index contributed by atoms with van der Waals surface area (Å²) in [5.74, 6) is 0. The first kappa shape index (κ1) is 16.4. The van der Waals surface area contributed by atoms with Crippen molar-refractivity contribution in [1.82, 2.24) is 0 Å². The van der Waals surface area contributed by atoms with Crippen molar-refractivity contribution in [3.8, 4) is 0 Å². The van der Waals surface area contributed by atoms with Crippen molar-refractivity contribution in [3.63, 3.8) is 0 Å². The average Bonchev–Trinajstić information content (AvgIpc) is 1.60. The molecule has 0 rings (SSSR count). The molecule has 9 heteroatoms. The van der Waals surface area contributed by atoms with Crippen molar-refractivity contribution in [2.45, 2.75) is 0 Å². The number of carbonyl (C=O) groups is 2. The van der Waals surface area contributed by atoms with Gasteiger partial charge >= 0.3 is 25.3 Å². The van der Waals surface area contributed by atoms with Gasteiger partial charge < -0.3 is 31.3 Å². The van der Waals surface area contributed by atoms with Crippen LogP contribution >= 0.6 is 0 Å². The third-order valence-electron chi connectivity index (χ3n) is 0. The van der Waals surface area contributed by atoms with Gasteiger partial charge in [0.25, 0.3) is 0 Å². The van der Waals surface area contributed by atoms with Gasteiger partial charge in [0.05, 0.1) is 0 Å². The van der Waals surface area contributed by atoms with Crippen LogP contribution in [0.25, 0.3) is 0 Å². The Kier molecular flexibility index (Phi) is 23.8. The fourth-order valence-electron chi connectivity index (χ4n) is 0. The Labute approximate surface area is 69.3 Å². The maximum absolute atomic E-state index is 8.67. The molecule has 0 heterocycles. The van der Waals surface area contributed by atoms with Gasteiger partial charge in [-0.05, 0) is 0 Å². The molecule has 64 valence electrons. The molecule has 0 aromatic rings. The van der Waals surface area contributed by atoms with Crippen molar-refractivity contribution < 1.29 is 45.1 Å². The summed E-state index contributed by atoms with van der Waals surface area (Å²) < 4.78 is 17.0. The van der Waals surface area contributed by atoms with Gasteiger partial charge in [0.1, 0.15) is 12.2 Å². The number of nitrogens with two attached hydrogens (primary N) is 2. The first-order chi connectivity index (χ1) is 4.88. The minimum atomic E-state index is -2.03. The summed E-state index contributed by atoms with van der Waals surface area (Å²) in [6, 6.07) is 0. The third kappa shape index (κ3) is 300. The van der Waals surface area contributed by atoms with E-state index in [9.17, 15) is 0 Å². The molecule has 0 spiro atoms. The minimum absolute atomic E-state index is 1.58. The monoisotopic (exact) mass is 250 g/mol. The quantitative estimate of drug-likeness (QED) is 0.419. The zero-order valence-corrected chi connectivity index (χ0v) is 7.02. The first-order valence-electron chi connectivity index (χ1n) is 1.73. The molecule has 0 bridgehead atoms. The maximum atomic E-state index is 8.67. The number of carbonyl (C=O) groups excluding carboxylic acids is 2. The molecule has 4 N–H and O–H groups in total. The van der Waals surface area contributed by atoms with E-state index in [1.165, 1.54) is 0 Å². The van der Waals surface area contributed by atoms with Crippen LogP contribution < -0.4 is 21.7 Å². The average molecular weight is 248 g/mol. The van der Waals surface area contributed by atoms with Gasteiger partial charge in [0.2, 0.25) is 0 Å². The zero-order valence-electron chi connectivity index (χ0n) is 5.01. The van der Waals surface area contributed by atoms with Gasteiger partial charge in [-0.2, -0.15) is 0 Å². The standard InChI is InChI=1S/2CH3NO2.Mo.2O/c2*2-1(3)4;;;/h2*2H2,(H,3,4);;;/q;;+2;;/p-2. The summed E-state index contributed by atoms with van der Waals surface area (Å²) in [4.78, 5) is 17.3. The summed E-state index contributed by atoms with van der Waals surface area (Å²) in [6.45, 7) is 0. The predicted molar refractivity (Wildman–Crippen MR) is 20.5 cm³/mol. The van der Waals surface area contributed by atoms with E-state index in [-0.39, 0.29) is 0 Å². The van der Waals surface area contributed by atoms with Gasteiger partial charge in [-0.15, -0.1) is 0 Å². The summed E-state index contributed by atoms with van der Waals surface area (Å²) in [7, 11) is 0. The van der Waals surface area contributed by atoms with Crippen LogP contribution in [0.3, 0.4) is 0 Å². The topological polar surface area (TPSA) is 166 Å². The van der Waals surface area contributed by atoms with Crippen LogP contribution in [0.4, 0.5) is 9.59 Å². The van der Waals surface area contributed by atoms with Crippen molar-refractivity contribution in [1.29, 1.82) is 0 Å². The van der Waals surface area contributed by atoms with Crippen molar-refractivity contribution in [2.75, 3.05) is 0 Å². The van der Waals surface area contributed by atoms with Crippen LogP contribution in [0.2, 0.25) is 0 Å². The number of primary amides is 2. The molecule has 0 aromatic heterocycles. The Hall–Kier alpha value is -1.17. The van der Waals surface area contributed by atoms with E-state index in [1.54, 1.807) is 0 Å². The Morgan fingerprint density at radius 3 is 1.00 bits per heavy atom. The molecule has 0 saturated carbocycles. The molecular weight excluding hydrogens is 244 g/mol. The molecule has 8 nitrogen and oxygen atoms in total. The number of amides is 2. The van der Waals surface area contributed by atoms with Gasteiger partial charge in [0.15, 0.2) is 0 Å². The molecule has 0 unspecified atom stereocenters. The Morgan fingerprint density at radius 1 is 1.00 bits per heavy atom. The van der Waals surface area contributed by atoms with Crippen molar-refractivity contribution in [2.24, 2.45) is 11.5 Å². The van der Waals surface area contributed by atoms with Gasteiger partial charge in [0, 0.05) is 0 Å². The zero-order chi connectivity index (χ0) is 9.86. The summed E-state index contributed by atoms with van der Waals surface area (Å²) in [5, 5.41) is 17.3. The van der Waals surface area contributed by atoms with Crippen LogP contribution in [0.1, 0.15) is 0 Å². The van der Waals surface area contributed by atoms with E-state index in [4.69, 9.17) is 26.6 Å². The van der Waals surface area contributed by atoms with Crippen molar-refractivity contribution in [3.05, 3.63) is 0 Å². The van der Waals surface area contributed by atoms with Crippen molar-refractivity contribution >= 4 is 12.2 Å². The van der Waals surface area contributed by atoms with E-state index < -0.39 is 30.7 Å². The number of rotatable bonds is 0. The molecule has 0 fully saturated rings. The van der Waals surface area contributed by atoms with Gasteiger partial charge in [-0.1, -0.05) is 0 Å². The van der Waals surface area contributed by atoms with E-state index in [2.05, 4.69) is 11.5 Å². The van der Waals surface area contributed by atoms with E-state index in [1.807, 2.05) is 0 Å². The molecule has 0 atom stereocenters. The molecule has 0 aliphatic heterocycles. The number of carboxylic acid groups (broad SMARTS) is 2. The molecule has 0 aliphatic rings. The predicted octanol–water partition coefficient (Wildman–Crippen LogP) is -3.66. The van der Waals surface area contributed by atoms with E-state index in [0.29, 0.717) is 0 Å². The molecular formula is C2H4MoN2O6. The molecule has 11 heavy (non-hydrogen) atoms. The summed E-state index contributed by atoms with van der Waals surface area (Å²) >= 11 is -2.03. The summed E-state index contributed by atoms with van der Waals surface area (Å²) in [6.07, 6.45) is -3.17. The SMILES string of the molecule is NC(=O)[O-].NC(=O)[O-].[O]=[Mo+2]=[O]. The van der Waals surface area contributed by atoms with Crippen LogP contribution in [0.5, 0.6) is 0 Å². The Morgan fingerprint density at radius 2 is 1.00 bits per heavy atom. The molecule has 0 radical (unpaired) electrons. The number of hydrogen-bond acceptors (Lipinski definition) is 6. The molecule has 0 saturated heterocycles. The Bertz CT molecular complexity index is 131. The van der Waals surface area contributed by atoms with Crippen LogP contribution in [-0.4, -0.2) is 12.2 Å². The molecule has 0 aromatic carbocycles. The second-order valence-corrected chi connectivity index (χ2v) is 1.04. The first-order valence-corrected chi connectivity index (χ1v) is 3.37.